The number of hydrogen-bond donors (Lipinski definition) is 0. The van der Waals surface area contributed by atoms with E-state index in [2.05, 4.69) is 0 Å². The van der Waals surface area contributed by atoms with E-state index in [-0.39, 0.29) is 0 Å². The van der Waals surface area contributed by atoms with Crippen LogP contribution in [0.5, 0.6) is 0 Å². The van der Waals surface area contributed by atoms with Crippen LogP contribution in [0.3, 0.4) is 0 Å². The van der Waals surface area contributed by atoms with E-state index in [1.165, 1.54) is 0 Å². The molecular weight excluding hydrogens is 370 g/mol. The van der Waals surface area contributed by atoms with Gasteiger partial charge in [-0.05, 0) is 0 Å². The van der Waals surface area contributed by atoms with Crippen molar-refractivity contribution in [1.29, 1.82) is 0 Å². The molecule has 0 fully saturated rings. The monoisotopic (exact) mass is 368 g/mol. The Morgan fingerprint density at radius 3 is 1.50 bits per heavy atom. The second-order valence-electron chi connectivity index (χ2n) is 0.664. The van der Waals surface area contributed by atoms with E-state index in [0.717, 1.165) is 0 Å². The van der Waals surface area contributed by atoms with Gasteiger partial charge >= 0.3 is 35.6 Å². The Balaban J connectivity index is 3.89. The molecule has 0 nitrogen and oxygen atoms in total. The van der Waals surface area contributed by atoms with Gasteiger partial charge in [0, 0.05) is 0 Å². The van der Waals surface area contributed by atoms with Gasteiger partial charge in [-0.15, -0.1) is 0 Å². The predicted molar refractivity (Wildman–Crippen MR) is 13.3 cm³/mol. The second-order valence-corrected chi connectivity index (χ2v) is 3.81. The van der Waals surface area contributed by atoms with E-state index in [4.69, 9.17) is 0 Å². The number of hydrogen-bond acceptors (Lipinski definition) is 0. The Morgan fingerprint density at radius 2 is 1.50 bits per heavy atom. The fourth-order valence-electron chi connectivity index (χ4n) is 0.0678. The van der Waals surface area contributed by atoms with E-state index in [1.807, 2.05) is 0 Å². The van der Waals surface area contributed by atoms with Crippen LogP contribution in [-0.4, -0.2) is 13.6 Å². The quantitative estimate of drug-likeness (QED) is 0.569. The molecule has 0 heterocycles. The Kier molecular flexibility index (Phi) is 1.27. The second kappa shape index (κ2) is 1.55. The van der Waals surface area contributed by atoms with E-state index < -0.39 is 13.6 Å². The summed E-state index contributed by atoms with van der Waals surface area (Å²) < 4.78 is 50.9. The van der Waals surface area contributed by atoms with Crippen LogP contribution in [0.25, 0.3) is 0 Å². The molecule has 0 atom stereocenters. The summed E-state index contributed by atoms with van der Waals surface area (Å²) in [7, 11) is 0. The summed E-state index contributed by atoms with van der Waals surface area (Å²) >= 11 is 0. The average molecular weight is 370 g/mol. The Labute approximate surface area is 36.9 Å². The van der Waals surface area contributed by atoms with Crippen molar-refractivity contribution in [2.24, 2.45) is 0 Å². The molecule has 0 unspecified atom stereocenters. The van der Waals surface area contributed by atoms with Gasteiger partial charge in [-0.2, -0.15) is 0 Å². The zero-order valence-electron chi connectivity index (χ0n) is 3.21. The van der Waals surface area contributed by atoms with Crippen LogP contribution in [0.4, 0.5) is 22.0 Å². The van der Waals surface area contributed by atoms with Crippen LogP contribution in [-0.2, 0) is 0 Å². The average Bonchev–Trinajstić information content (AvgIpc) is 1.21. The zero-order chi connectivity index (χ0) is 6.78. The molecule has 53 valence electrons. The SMILES string of the molecule is F[C](F)=[Cf][C](F)(F)F. The molecule has 8 heavy (non-hydrogen) atoms. The molecule has 0 aromatic heterocycles. The fraction of sp³-hybridized carbons (Fsp3) is 0.500. The number of alkyl halides is 3. The van der Waals surface area contributed by atoms with Crippen molar-refractivity contribution in [3.8, 4) is 0 Å². The standard InChI is InChI=1S/CF3.CF2.Cf/c2-1(3)4;2-1-3;. The van der Waals surface area contributed by atoms with Gasteiger partial charge in [-0.3, -0.25) is 0 Å². The van der Waals surface area contributed by atoms with Crippen LogP contribution in [0.15, 0.2) is 0 Å². The summed E-state index contributed by atoms with van der Waals surface area (Å²) in [5.74, 6) is 0. The molecule has 0 saturated heterocycles. The normalized spacial score (nSPS) is 10.6. The van der Waals surface area contributed by atoms with Crippen LogP contribution in [0.1, 0.15) is 0 Å². The third-order valence-electron chi connectivity index (χ3n) is 0.149. The van der Waals surface area contributed by atoms with Crippen molar-refractivity contribution in [3.63, 3.8) is 0 Å². The molecule has 0 aliphatic carbocycles. The number of halogens is 5. The topological polar surface area (TPSA) is 0 Å². The van der Waals surface area contributed by atoms with Gasteiger partial charge in [-0.25, -0.2) is 0 Å². The minimum atomic E-state index is -4.62. The van der Waals surface area contributed by atoms with Crippen molar-refractivity contribution in [2.45, 2.75) is 6.68 Å². The summed E-state index contributed by atoms with van der Waals surface area (Å²) in [6.07, 6.45) is 0. The first-order chi connectivity index (χ1) is 3.42. The molecule has 0 bridgehead atoms. The first kappa shape index (κ1) is 6.52. The minimum absolute atomic E-state index is 2.45. The molecule has 0 aromatic rings. The van der Waals surface area contributed by atoms with Crippen LogP contribution < -0.4 is 0 Å². The Bertz CT molecular complexity index is 97.5. The fourth-order valence-corrected chi connectivity index (χ4v) is 0.632. The third kappa shape index (κ3) is 4.52. The molecule has 0 aromatic carbocycles. The number of rotatable bonds is 0. The summed E-state index contributed by atoms with van der Waals surface area (Å²) in [6.45, 7) is -7.07. The zero-order valence-corrected chi connectivity index (χ0v) is 5.84. The van der Waals surface area contributed by atoms with Crippen LogP contribution >= 0.6 is 0 Å². The van der Waals surface area contributed by atoms with Gasteiger partial charge in [0.2, 0.25) is 0 Å². The van der Waals surface area contributed by atoms with Crippen LogP contribution in [0.2, 0.25) is 0 Å². The summed E-state index contributed by atoms with van der Waals surface area (Å²) in [5, 5.41) is 0. The Morgan fingerprint density at radius 1 is 1.12 bits per heavy atom. The molecule has 0 spiro atoms. The van der Waals surface area contributed by atoms with E-state index >= 15 is 0 Å². The van der Waals surface area contributed by atoms with Crippen molar-refractivity contribution in [1.82, 2.24) is 0 Å². The van der Waals surface area contributed by atoms with Gasteiger partial charge < -0.3 is 0 Å². The summed E-state index contributed by atoms with van der Waals surface area (Å²) in [5.41, 5.74) is 0. The van der Waals surface area contributed by atoms with E-state index in [9.17, 15) is 22.0 Å². The molecule has 0 N–H and O–H groups in total. The molecule has 0 amide bonds. The maximum atomic E-state index is 10.9. The van der Waals surface area contributed by atoms with Gasteiger partial charge in [0.05, 0.1) is 0 Å². The Hall–Kier alpha value is -1.48. The summed E-state index contributed by atoms with van der Waals surface area (Å²) in [6, 6.07) is 0. The molecule has 0 radical (unpaired) electrons. The van der Waals surface area contributed by atoms with Crippen molar-refractivity contribution in [3.05, 3.63) is 0 Å². The third-order valence-corrected chi connectivity index (χ3v) is 1.39. The molecular formula is C2CfF5. The first-order valence-electron chi connectivity index (χ1n) is 1.26. The van der Waals surface area contributed by atoms with Gasteiger partial charge in [0.1, 0.15) is 0 Å². The van der Waals surface area contributed by atoms with Gasteiger partial charge in [0.15, 0.2) is 0 Å². The molecule has 0 saturated carbocycles. The van der Waals surface area contributed by atoms with Gasteiger partial charge in [-0.1, -0.05) is 0 Å². The van der Waals surface area contributed by atoms with Crippen molar-refractivity contribution >= 4 is 6.93 Å². The molecule has 0 aliphatic heterocycles. The van der Waals surface area contributed by atoms with Crippen molar-refractivity contribution < 1.29 is 22.0 Å². The molecule has 0 aliphatic rings. The van der Waals surface area contributed by atoms with E-state index in [0.29, 0.717) is 0 Å². The van der Waals surface area contributed by atoms with E-state index in [1.54, 1.807) is 0 Å². The molecule has 0 rings (SSSR count). The first-order valence-corrected chi connectivity index (χ1v) is 3.89. The predicted octanol–water partition coefficient (Wildman–Crippen LogP) is 1.62. The van der Waals surface area contributed by atoms with Gasteiger partial charge in [0.25, 0.3) is 0 Å². The molecule has 6 heteroatoms. The van der Waals surface area contributed by atoms with Crippen molar-refractivity contribution in [2.75, 3.05) is 0 Å². The van der Waals surface area contributed by atoms with Crippen LogP contribution in [0, 0.1) is 0 Å². The summed E-state index contributed by atoms with van der Waals surface area (Å²) in [4.78, 5) is 0. The maximum absolute atomic E-state index is 10.9.